The lowest BCUT2D eigenvalue weighted by Crippen LogP contribution is -2.48. The van der Waals surface area contributed by atoms with E-state index in [1.165, 1.54) is 44.2 Å². The highest BCUT2D eigenvalue weighted by atomic mass is 32.2. The molecule has 0 radical (unpaired) electrons. The predicted octanol–water partition coefficient (Wildman–Crippen LogP) is 4.16. The molecule has 1 aliphatic heterocycles. The van der Waals surface area contributed by atoms with Crippen LogP contribution in [-0.2, 0) is 5.41 Å². The van der Waals surface area contributed by atoms with Crippen LogP contribution in [-0.4, -0.2) is 58.7 Å². The van der Waals surface area contributed by atoms with E-state index in [-0.39, 0.29) is 5.41 Å². The molecular weight excluding hydrogens is 432 g/mol. The van der Waals surface area contributed by atoms with Crippen molar-refractivity contribution in [1.82, 2.24) is 15.1 Å². The fraction of sp³-hybridized carbons (Fsp3) is 0.615. The van der Waals surface area contributed by atoms with Crippen molar-refractivity contribution in [3.8, 4) is 17.6 Å². The second-order valence-electron chi connectivity index (χ2n) is 10.5. The minimum absolute atomic E-state index is 0.175. The van der Waals surface area contributed by atoms with Crippen molar-refractivity contribution in [2.75, 3.05) is 43.4 Å². The summed E-state index contributed by atoms with van der Waals surface area (Å²) in [6.07, 6.45) is 8.05. The maximum atomic E-state index is 9.46. The van der Waals surface area contributed by atoms with E-state index in [1.807, 2.05) is 12.1 Å². The molecule has 4 aliphatic carbocycles. The van der Waals surface area contributed by atoms with E-state index in [0.717, 1.165) is 56.4 Å². The summed E-state index contributed by atoms with van der Waals surface area (Å²) in [5, 5.41) is 19.0. The molecule has 1 aromatic carbocycles. The fourth-order valence-electron chi connectivity index (χ4n) is 7.00. The molecule has 174 valence electrons. The highest BCUT2D eigenvalue weighted by molar-refractivity contribution is 7.99. The number of aromatic nitrogens is 2. The lowest BCUT2D eigenvalue weighted by atomic mass is 9.49. The number of hydrogen-bond donors (Lipinski definition) is 1. The summed E-state index contributed by atoms with van der Waals surface area (Å²) < 4.78 is 6.17. The number of piperazine rings is 1. The van der Waals surface area contributed by atoms with Crippen LogP contribution in [0.5, 0.6) is 5.75 Å². The van der Waals surface area contributed by atoms with Crippen LogP contribution in [0.4, 0.5) is 5.69 Å². The summed E-state index contributed by atoms with van der Waals surface area (Å²) in [4.78, 5) is 4.75. The van der Waals surface area contributed by atoms with Gasteiger partial charge in [0, 0.05) is 37.3 Å². The van der Waals surface area contributed by atoms with Crippen LogP contribution in [0.1, 0.15) is 44.4 Å². The van der Waals surface area contributed by atoms with Crippen LogP contribution < -0.4 is 4.90 Å². The Morgan fingerprint density at radius 3 is 2.27 bits per heavy atom. The number of aromatic hydroxyl groups is 1. The number of phenolic OH excluding ortho intramolecular Hbond substituents is 1. The quantitative estimate of drug-likeness (QED) is 0.526. The minimum Gasteiger partial charge on any atom is -0.508 e. The van der Waals surface area contributed by atoms with Gasteiger partial charge in [-0.15, -0.1) is 10.2 Å². The monoisotopic (exact) mass is 464 g/mol. The van der Waals surface area contributed by atoms with Crippen LogP contribution in [0.25, 0.3) is 0 Å². The average molecular weight is 465 g/mol. The van der Waals surface area contributed by atoms with Crippen molar-refractivity contribution >= 4 is 17.4 Å². The Kier molecular flexibility index (Phi) is 5.75. The first-order valence-electron chi connectivity index (χ1n) is 12.3. The van der Waals surface area contributed by atoms with Crippen molar-refractivity contribution in [3.05, 3.63) is 30.2 Å². The first-order chi connectivity index (χ1) is 16.1. The van der Waals surface area contributed by atoms with Crippen LogP contribution in [0, 0.1) is 29.6 Å². The normalized spacial score (nSPS) is 30.9. The van der Waals surface area contributed by atoms with Crippen molar-refractivity contribution < 1.29 is 9.52 Å². The van der Waals surface area contributed by atoms with Gasteiger partial charge in [0.1, 0.15) is 5.75 Å². The highest BCUT2D eigenvalue weighted by Crippen LogP contribution is 2.60. The first-order valence-corrected chi connectivity index (χ1v) is 13.3. The van der Waals surface area contributed by atoms with Gasteiger partial charge in [-0.1, -0.05) is 23.6 Å². The third-order valence-electron chi connectivity index (χ3n) is 8.18. The Morgan fingerprint density at radius 2 is 1.61 bits per heavy atom. The van der Waals surface area contributed by atoms with Crippen LogP contribution in [0.15, 0.2) is 33.9 Å². The van der Waals surface area contributed by atoms with E-state index >= 15 is 0 Å². The molecule has 1 saturated heterocycles. The van der Waals surface area contributed by atoms with Gasteiger partial charge in [-0.25, -0.2) is 0 Å². The lowest BCUT2D eigenvalue weighted by molar-refractivity contribution is -0.0191. The molecule has 4 bridgehead atoms. The molecule has 0 spiro atoms. The Hall–Kier alpha value is -2.17. The molecule has 4 saturated carbocycles. The van der Waals surface area contributed by atoms with E-state index < -0.39 is 0 Å². The maximum Gasteiger partial charge on any atom is 0.277 e. The zero-order valence-electron chi connectivity index (χ0n) is 19.1. The molecule has 6 nitrogen and oxygen atoms in total. The van der Waals surface area contributed by atoms with Gasteiger partial charge in [0.2, 0.25) is 5.89 Å². The molecule has 5 aliphatic rings. The number of anilines is 1. The van der Waals surface area contributed by atoms with Gasteiger partial charge in [0.25, 0.3) is 5.22 Å². The largest absolute Gasteiger partial charge is 0.508 e. The number of phenols is 1. The molecule has 5 fully saturated rings. The summed E-state index contributed by atoms with van der Waals surface area (Å²) in [6, 6.07) is 7.46. The van der Waals surface area contributed by atoms with Crippen molar-refractivity contribution in [2.24, 2.45) is 17.8 Å². The second kappa shape index (κ2) is 8.88. The highest BCUT2D eigenvalue weighted by Gasteiger charge is 2.54. The van der Waals surface area contributed by atoms with Gasteiger partial charge in [-0.05, 0) is 80.5 Å². The molecule has 0 atom stereocenters. The van der Waals surface area contributed by atoms with E-state index in [0.29, 0.717) is 16.7 Å². The smallest absolute Gasteiger partial charge is 0.277 e. The summed E-state index contributed by atoms with van der Waals surface area (Å²) >= 11 is 1.57. The summed E-state index contributed by atoms with van der Waals surface area (Å²) in [5.41, 5.74) is 1.34. The standard InChI is InChI=1S/C26H32N4O2S/c31-23-5-3-22(4-6-23)30-10-8-29(9-11-30)7-1-2-12-33-25-28-27-24(32-25)26-16-19-13-20(17-26)15-21(14-19)18-26/h3-6,19-21,31H,7-18H2. The summed E-state index contributed by atoms with van der Waals surface area (Å²) in [6.45, 7) is 4.76. The number of hydrogen-bond acceptors (Lipinski definition) is 7. The Morgan fingerprint density at radius 1 is 0.939 bits per heavy atom. The summed E-state index contributed by atoms with van der Waals surface area (Å²) in [5.74, 6) is 11.2. The zero-order chi connectivity index (χ0) is 22.3. The number of rotatable bonds is 5. The number of benzene rings is 1. The minimum atomic E-state index is 0.175. The van der Waals surface area contributed by atoms with Gasteiger partial charge < -0.3 is 14.4 Å². The van der Waals surface area contributed by atoms with Crippen LogP contribution >= 0.6 is 11.8 Å². The molecule has 7 heteroatoms. The van der Waals surface area contributed by atoms with E-state index in [2.05, 4.69) is 31.8 Å². The Labute approximate surface area is 200 Å². The molecule has 0 amide bonds. The molecule has 1 N–H and O–H groups in total. The van der Waals surface area contributed by atoms with Crippen LogP contribution in [0.2, 0.25) is 0 Å². The first kappa shape index (κ1) is 21.4. The summed E-state index contributed by atoms with van der Waals surface area (Å²) in [7, 11) is 0. The van der Waals surface area contributed by atoms with Gasteiger partial charge in [-0.3, -0.25) is 4.90 Å². The van der Waals surface area contributed by atoms with Crippen LogP contribution in [0.3, 0.4) is 0 Å². The predicted molar refractivity (Wildman–Crippen MR) is 129 cm³/mol. The van der Waals surface area contributed by atoms with E-state index in [1.54, 1.807) is 23.9 Å². The molecule has 7 rings (SSSR count). The third kappa shape index (κ3) is 4.48. The third-order valence-corrected chi connectivity index (χ3v) is 8.88. The lowest BCUT2D eigenvalue weighted by Gasteiger charge is -2.55. The van der Waals surface area contributed by atoms with E-state index in [9.17, 15) is 5.11 Å². The topological polar surface area (TPSA) is 65.6 Å². The molecule has 2 aromatic rings. The molecule has 1 aromatic heterocycles. The van der Waals surface area contributed by atoms with Crippen molar-refractivity contribution in [1.29, 1.82) is 0 Å². The Balaban J connectivity index is 0.962. The van der Waals surface area contributed by atoms with Gasteiger partial charge >= 0.3 is 0 Å². The van der Waals surface area contributed by atoms with Gasteiger partial charge in [0.05, 0.1) is 12.3 Å². The van der Waals surface area contributed by atoms with Gasteiger partial charge in [-0.2, -0.15) is 0 Å². The average Bonchev–Trinajstić information content (AvgIpc) is 3.29. The fourth-order valence-corrected chi connectivity index (χ4v) is 7.53. The van der Waals surface area contributed by atoms with Gasteiger partial charge in [0.15, 0.2) is 0 Å². The molecule has 0 unspecified atom stereocenters. The molecule has 33 heavy (non-hydrogen) atoms. The van der Waals surface area contributed by atoms with Crippen molar-refractivity contribution in [2.45, 2.75) is 49.2 Å². The zero-order valence-corrected chi connectivity index (χ0v) is 19.9. The number of thioether (sulfide) groups is 1. The number of nitrogens with zero attached hydrogens (tertiary/aromatic N) is 4. The van der Waals surface area contributed by atoms with Crippen molar-refractivity contribution in [3.63, 3.8) is 0 Å². The molecular formula is C26H32N4O2S. The van der Waals surface area contributed by atoms with E-state index in [4.69, 9.17) is 4.42 Å². The molecule has 2 heterocycles. The maximum absolute atomic E-state index is 9.46. The second-order valence-corrected chi connectivity index (χ2v) is 11.4. The Bertz CT molecular complexity index is 997. The SMILES string of the molecule is Oc1ccc(N2CCN(CC#CCSc3nnc(C45CC6CC(CC(C6)C4)C5)o3)CC2)cc1.